The van der Waals surface area contributed by atoms with Crippen LogP contribution in [0.2, 0.25) is 0 Å². The van der Waals surface area contributed by atoms with Crippen molar-refractivity contribution in [2.45, 2.75) is 51.7 Å². The average Bonchev–Trinajstić information content (AvgIpc) is 3.69. The van der Waals surface area contributed by atoms with E-state index >= 15 is 0 Å². The summed E-state index contributed by atoms with van der Waals surface area (Å²) in [6.07, 6.45) is -2.29. The van der Waals surface area contributed by atoms with Gasteiger partial charge >= 0.3 is 6.18 Å². The fraction of sp³-hybridized carbons (Fsp3) is 0.478. The van der Waals surface area contributed by atoms with Crippen molar-refractivity contribution in [2.75, 3.05) is 6.61 Å². The molecule has 0 spiro atoms. The number of benzene rings is 1. The molecule has 2 aliphatic carbocycles. The summed E-state index contributed by atoms with van der Waals surface area (Å²) in [5.41, 5.74) is 1.13. The van der Waals surface area contributed by atoms with Crippen LogP contribution in [0.3, 0.4) is 0 Å². The van der Waals surface area contributed by atoms with Crippen molar-refractivity contribution < 1.29 is 27.5 Å². The van der Waals surface area contributed by atoms with E-state index in [-0.39, 0.29) is 31.4 Å². The summed E-state index contributed by atoms with van der Waals surface area (Å²) in [5.74, 6) is -1.76. The Labute approximate surface area is 183 Å². The maximum absolute atomic E-state index is 12.7. The van der Waals surface area contributed by atoms with Crippen LogP contribution < -0.4 is 4.74 Å². The van der Waals surface area contributed by atoms with Gasteiger partial charge in [-0.15, -0.1) is 0 Å². The Balaban J connectivity index is 0.00000119. The predicted octanol–water partition coefficient (Wildman–Crippen LogP) is 4.75. The van der Waals surface area contributed by atoms with Crippen LogP contribution in [0.25, 0.3) is 0 Å². The van der Waals surface area contributed by atoms with Crippen LogP contribution >= 0.6 is 0 Å². The molecule has 0 saturated heterocycles. The molecule has 2 heterocycles. The van der Waals surface area contributed by atoms with Gasteiger partial charge < -0.3 is 4.74 Å². The molecule has 2 atom stereocenters. The van der Waals surface area contributed by atoms with Crippen LogP contribution in [0.1, 0.15) is 71.3 Å². The van der Waals surface area contributed by atoms with Gasteiger partial charge in [0.2, 0.25) is 5.88 Å². The third-order valence-corrected chi connectivity index (χ3v) is 5.70. The molecule has 2 aromatic rings. The Hall–Kier alpha value is -2.97. The molecule has 1 aromatic carbocycles. The van der Waals surface area contributed by atoms with Gasteiger partial charge in [0.05, 0.1) is 35.9 Å². The summed E-state index contributed by atoms with van der Waals surface area (Å²) < 4.78 is 43.7. The zero-order valence-electron chi connectivity index (χ0n) is 17.9. The van der Waals surface area contributed by atoms with Crippen LogP contribution in [0.4, 0.5) is 13.2 Å². The smallest absolute Gasteiger partial charge is 0.392 e. The molecule has 2 fully saturated rings. The lowest BCUT2D eigenvalue weighted by atomic mass is 10.1. The average molecular weight is 447 g/mol. The second-order valence-corrected chi connectivity index (χ2v) is 8.03. The summed E-state index contributed by atoms with van der Waals surface area (Å²) >= 11 is 0. The molecule has 32 heavy (non-hydrogen) atoms. The maximum atomic E-state index is 12.7. The molecule has 1 aliphatic heterocycles. The number of alkyl halides is 3. The van der Waals surface area contributed by atoms with Gasteiger partial charge in [0.25, 0.3) is 11.8 Å². The standard InChI is InChI=1S/C21H18F3N3O3.C2H6/c22-21(23,24)16-7-12(16)10-30-17-8-13(25-18(26-17)11-5-6-11)9-27-19(28)14-3-1-2-4-15(14)20(27)29;1-2/h1-4,8,11-12,16H,5-7,9-10H2;1-2H3. The summed E-state index contributed by atoms with van der Waals surface area (Å²) in [4.78, 5) is 35.1. The summed E-state index contributed by atoms with van der Waals surface area (Å²) in [6.45, 7) is 3.89. The molecular formula is C23H24F3N3O3. The summed E-state index contributed by atoms with van der Waals surface area (Å²) in [6, 6.07) is 8.10. The highest BCUT2D eigenvalue weighted by molar-refractivity contribution is 6.21. The van der Waals surface area contributed by atoms with Crippen LogP contribution in [-0.2, 0) is 6.54 Å². The van der Waals surface area contributed by atoms with Gasteiger partial charge in [-0.05, 0) is 31.4 Å². The van der Waals surface area contributed by atoms with Crippen LogP contribution in [-0.4, -0.2) is 39.5 Å². The molecular weight excluding hydrogens is 423 g/mol. The number of rotatable bonds is 6. The first-order valence-corrected chi connectivity index (χ1v) is 10.8. The number of fused-ring (bicyclic) bond motifs is 1. The number of amides is 2. The van der Waals surface area contributed by atoms with Crippen LogP contribution in [0.15, 0.2) is 30.3 Å². The number of nitrogens with zero attached hydrogens (tertiary/aromatic N) is 3. The monoisotopic (exact) mass is 447 g/mol. The molecule has 0 N–H and O–H groups in total. The number of aromatic nitrogens is 2. The number of halogens is 3. The van der Waals surface area contributed by atoms with E-state index in [2.05, 4.69) is 9.97 Å². The molecule has 2 saturated carbocycles. The number of hydrogen-bond donors (Lipinski definition) is 0. The molecule has 6 nitrogen and oxygen atoms in total. The van der Waals surface area contributed by atoms with Crippen LogP contribution in [0, 0.1) is 11.8 Å². The zero-order chi connectivity index (χ0) is 23.0. The first kappa shape index (κ1) is 22.2. The lowest BCUT2D eigenvalue weighted by Crippen LogP contribution is -2.29. The minimum Gasteiger partial charge on any atom is -0.477 e. The minimum atomic E-state index is -4.20. The van der Waals surface area contributed by atoms with E-state index < -0.39 is 29.8 Å². The van der Waals surface area contributed by atoms with Crippen LogP contribution in [0.5, 0.6) is 5.88 Å². The normalized spacial score (nSPS) is 21.7. The second-order valence-electron chi connectivity index (χ2n) is 8.03. The highest BCUT2D eigenvalue weighted by Crippen LogP contribution is 2.50. The third kappa shape index (κ3) is 4.47. The largest absolute Gasteiger partial charge is 0.477 e. The summed E-state index contributed by atoms with van der Waals surface area (Å²) in [5, 5.41) is 0. The van der Waals surface area contributed by atoms with E-state index in [9.17, 15) is 22.8 Å². The first-order chi connectivity index (χ1) is 15.3. The van der Waals surface area contributed by atoms with Gasteiger partial charge in [0.15, 0.2) is 0 Å². The van der Waals surface area contributed by atoms with Gasteiger partial charge in [0.1, 0.15) is 5.82 Å². The molecule has 9 heteroatoms. The van der Waals surface area contributed by atoms with E-state index in [0.717, 1.165) is 17.7 Å². The van der Waals surface area contributed by atoms with E-state index in [1.54, 1.807) is 24.3 Å². The highest BCUT2D eigenvalue weighted by atomic mass is 19.4. The van der Waals surface area contributed by atoms with E-state index in [1.807, 2.05) is 13.8 Å². The molecule has 1 aromatic heterocycles. The van der Waals surface area contributed by atoms with Gasteiger partial charge in [-0.3, -0.25) is 14.5 Å². The molecule has 0 bridgehead atoms. The van der Waals surface area contributed by atoms with Crippen molar-refractivity contribution in [1.29, 1.82) is 0 Å². The van der Waals surface area contributed by atoms with Gasteiger partial charge in [-0.25, -0.2) is 4.98 Å². The van der Waals surface area contributed by atoms with E-state index in [4.69, 9.17) is 4.74 Å². The number of carbonyl (C=O) groups excluding carboxylic acids is 2. The number of imide groups is 1. The molecule has 3 aliphatic rings. The quantitative estimate of drug-likeness (QED) is 0.598. The van der Waals surface area contributed by atoms with E-state index in [0.29, 0.717) is 22.6 Å². The SMILES string of the molecule is CC.O=C1c2ccccc2C(=O)N1Cc1cc(OCC2CC2C(F)(F)F)nc(C2CC2)n1. The molecule has 2 unspecified atom stereocenters. The molecule has 170 valence electrons. The maximum Gasteiger partial charge on any atom is 0.392 e. The fourth-order valence-electron chi connectivity index (χ4n) is 3.74. The molecule has 0 radical (unpaired) electrons. The Bertz CT molecular complexity index is 1000. The highest BCUT2D eigenvalue weighted by Gasteiger charge is 2.55. The van der Waals surface area contributed by atoms with Gasteiger partial charge in [0, 0.05) is 17.9 Å². The Morgan fingerprint density at radius 2 is 1.69 bits per heavy atom. The van der Waals surface area contributed by atoms with Crippen molar-refractivity contribution in [3.63, 3.8) is 0 Å². The van der Waals surface area contributed by atoms with Crippen molar-refractivity contribution in [3.05, 3.63) is 53.0 Å². The van der Waals surface area contributed by atoms with Crippen molar-refractivity contribution >= 4 is 11.8 Å². The fourth-order valence-corrected chi connectivity index (χ4v) is 3.74. The zero-order valence-corrected chi connectivity index (χ0v) is 17.9. The number of hydrogen-bond acceptors (Lipinski definition) is 5. The Kier molecular flexibility index (Phi) is 5.92. The number of carbonyl (C=O) groups is 2. The van der Waals surface area contributed by atoms with Gasteiger partial charge in [-0.1, -0.05) is 26.0 Å². The lowest BCUT2D eigenvalue weighted by molar-refractivity contribution is -0.151. The Morgan fingerprint density at radius 3 is 2.22 bits per heavy atom. The third-order valence-electron chi connectivity index (χ3n) is 5.70. The molecule has 5 rings (SSSR count). The second kappa shape index (κ2) is 8.52. The van der Waals surface area contributed by atoms with Crippen molar-refractivity contribution in [1.82, 2.24) is 14.9 Å². The lowest BCUT2D eigenvalue weighted by Gasteiger charge is -2.15. The Morgan fingerprint density at radius 1 is 1.06 bits per heavy atom. The van der Waals surface area contributed by atoms with E-state index in [1.165, 1.54) is 6.07 Å². The van der Waals surface area contributed by atoms with Crippen molar-refractivity contribution in [2.24, 2.45) is 11.8 Å². The summed E-state index contributed by atoms with van der Waals surface area (Å²) in [7, 11) is 0. The molecule has 2 amide bonds. The topological polar surface area (TPSA) is 72.4 Å². The van der Waals surface area contributed by atoms with Crippen molar-refractivity contribution in [3.8, 4) is 5.88 Å². The predicted molar refractivity (Wildman–Crippen MR) is 109 cm³/mol. The minimum absolute atomic E-state index is 0.0421. The number of ether oxygens (including phenoxy) is 1. The van der Waals surface area contributed by atoms with Gasteiger partial charge in [-0.2, -0.15) is 18.2 Å². The first-order valence-electron chi connectivity index (χ1n) is 10.8.